The first-order chi connectivity index (χ1) is 16.0. The van der Waals surface area contributed by atoms with E-state index in [0.29, 0.717) is 17.0 Å². The zero-order valence-corrected chi connectivity index (χ0v) is 18.7. The fraction of sp³-hybridized carbons (Fsp3) is 0.0385. The van der Waals surface area contributed by atoms with Crippen LogP contribution in [0, 0.1) is 0 Å². The molecular weight excluding hydrogens is 436 g/mol. The van der Waals surface area contributed by atoms with Crippen LogP contribution < -0.4 is 14.8 Å². The van der Waals surface area contributed by atoms with Gasteiger partial charge in [0.1, 0.15) is 5.75 Å². The molecule has 0 aliphatic rings. The molecule has 0 heterocycles. The van der Waals surface area contributed by atoms with Crippen LogP contribution in [0.25, 0.3) is 11.1 Å². The minimum absolute atomic E-state index is 0.125. The fourth-order valence-electron chi connectivity index (χ4n) is 3.32. The number of benzene rings is 4. The van der Waals surface area contributed by atoms with E-state index in [4.69, 9.17) is 4.74 Å². The average Bonchev–Trinajstić information content (AvgIpc) is 2.85. The Morgan fingerprint density at radius 2 is 1.36 bits per heavy atom. The molecule has 0 aromatic heterocycles. The maximum Gasteiger partial charge on any atom is 0.262 e. The second-order valence-electron chi connectivity index (χ2n) is 7.23. The number of nitrogens with one attached hydrogen (secondary N) is 2. The molecule has 166 valence electrons. The molecule has 1 amide bonds. The molecule has 0 radical (unpaired) electrons. The molecule has 0 aliphatic carbocycles. The summed E-state index contributed by atoms with van der Waals surface area (Å²) in [7, 11) is -2.37. The van der Waals surface area contributed by atoms with Crippen molar-refractivity contribution >= 4 is 27.3 Å². The largest absolute Gasteiger partial charge is 0.495 e. The number of hydrogen-bond acceptors (Lipinski definition) is 4. The number of carbonyl (C=O) groups is 1. The Labute approximate surface area is 192 Å². The number of rotatable bonds is 7. The van der Waals surface area contributed by atoms with Gasteiger partial charge in [-0.2, -0.15) is 0 Å². The van der Waals surface area contributed by atoms with Crippen molar-refractivity contribution in [2.45, 2.75) is 4.90 Å². The maximum atomic E-state index is 12.8. The van der Waals surface area contributed by atoms with E-state index in [9.17, 15) is 13.2 Å². The molecule has 4 aromatic rings. The molecule has 0 saturated carbocycles. The first kappa shape index (κ1) is 22.1. The third-order valence-corrected chi connectivity index (χ3v) is 6.39. The van der Waals surface area contributed by atoms with Crippen LogP contribution in [0.1, 0.15) is 10.4 Å². The molecular formula is C26H22N2O4S. The van der Waals surface area contributed by atoms with Gasteiger partial charge in [-0.1, -0.05) is 60.7 Å². The summed E-state index contributed by atoms with van der Waals surface area (Å²) in [4.78, 5) is 12.9. The predicted molar refractivity (Wildman–Crippen MR) is 130 cm³/mol. The van der Waals surface area contributed by atoms with E-state index in [2.05, 4.69) is 10.0 Å². The molecule has 33 heavy (non-hydrogen) atoms. The van der Waals surface area contributed by atoms with Crippen LogP contribution >= 0.6 is 0 Å². The lowest BCUT2D eigenvalue weighted by atomic mass is 10.0. The lowest BCUT2D eigenvalue weighted by Crippen LogP contribution is -2.15. The SMILES string of the molecule is COc1ccc(NC(=O)c2ccc(-c3ccccc3)cc2)cc1NS(=O)(=O)c1ccccc1. The Morgan fingerprint density at radius 3 is 2.00 bits per heavy atom. The fourth-order valence-corrected chi connectivity index (χ4v) is 4.40. The van der Waals surface area contributed by atoms with Crippen LogP contribution in [0.2, 0.25) is 0 Å². The van der Waals surface area contributed by atoms with Gasteiger partial charge in [-0.25, -0.2) is 8.42 Å². The van der Waals surface area contributed by atoms with Gasteiger partial charge in [0.05, 0.1) is 17.7 Å². The highest BCUT2D eigenvalue weighted by Gasteiger charge is 2.17. The highest BCUT2D eigenvalue weighted by molar-refractivity contribution is 7.92. The molecule has 4 rings (SSSR count). The van der Waals surface area contributed by atoms with Crippen molar-refractivity contribution < 1.29 is 17.9 Å². The summed E-state index contributed by atoms with van der Waals surface area (Å²) < 4.78 is 33.3. The van der Waals surface area contributed by atoms with Gasteiger partial charge in [0.25, 0.3) is 15.9 Å². The Balaban J connectivity index is 1.53. The highest BCUT2D eigenvalue weighted by atomic mass is 32.2. The van der Waals surface area contributed by atoms with Crippen molar-refractivity contribution in [2.24, 2.45) is 0 Å². The smallest absolute Gasteiger partial charge is 0.262 e. The van der Waals surface area contributed by atoms with E-state index in [1.54, 1.807) is 42.5 Å². The van der Waals surface area contributed by atoms with Crippen LogP contribution in [0.4, 0.5) is 11.4 Å². The second-order valence-corrected chi connectivity index (χ2v) is 8.91. The monoisotopic (exact) mass is 458 g/mol. The summed E-state index contributed by atoms with van der Waals surface area (Å²) in [6.45, 7) is 0. The number of ether oxygens (including phenoxy) is 1. The highest BCUT2D eigenvalue weighted by Crippen LogP contribution is 2.30. The molecule has 0 saturated heterocycles. The van der Waals surface area contributed by atoms with Gasteiger partial charge in [-0.3, -0.25) is 9.52 Å². The molecule has 2 N–H and O–H groups in total. The van der Waals surface area contributed by atoms with E-state index < -0.39 is 10.0 Å². The Morgan fingerprint density at radius 1 is 0.758 bits per heavy atom. The van der Waals surface area contributed by atoms with Crippen LogP contribution in [0.15, 0.2) is 108 Å². The zero-order chi connectivity index (χ0) is 23.3. The van der Waals surface area contributed by atoms with E-state index in [1.807, 2.05) is 42.5 Å². The quantitative estimate of drug-likeness (QED) is 0.388. The minimum Gasteiger partial charge on any atom is -0.495 e. The predicted octanol–water partition coefficient (Wildman–Crippen LogP) is 5.42. The number of amides is 1. The Bertz CT molecular complexity index is 1350. The molecule has 0 spiro atoms. The number of sulfonamides is 1. The first-order valence-corrected chi connectivity index (χ1v) is 11.7. The van der Waals surface area contributed by atoms with Crippen molar-refractivity contribution in [2.75, 3.05) is 17.1 Å². The summed E-state index contributed by atoms with van der Waals surface area (Å²) in [6, 6.07) is 30.0. The minimum atomic E-state index is -3.82. The van der Waals surface area contributed by atoms with Crippen molar-refractivity contribution in [1.82, 2.24) is 0 Å². The zero-order valence-electron chi connectivity index (χ0n) is 17.9. The lowest BCUT2D eigenvalue weighted by Gasteiger charge is -2.14. The van der Waals surface area contributed by atoms with E-state index in [-0.39, 0.29) is 16.5 Å². The van der Waals surface area contributed by atoms with Gasteiger partial charge >= 0.3 is 0 Å². The van der Waals surface area contributed by atoms with Crippen LogP contribution in [0.5, 0.6) is 5.75 Å². The summed E-state index contributed by atoms with van der Waals surface area (Å²) >= 11 is 0. The van der Waals surface area contributed by atoms with Crippen molar-refractivity contribution in [3.05, 3.63) is 109 Å². The molecule has 0 bridgehead atoms. The van der Waals surface area contributed by atoms with Crippen molar-refractivity contribution in [3.63, 3.8) is 0 Å². The topological polar surface area (TPSA) is 84.5 Å². The van der Waals surface area contributed by atoms with E-state index >= 15 is 0 Å². The maximum absolute atomic E-state index is 12.8. The molecule has 7 heteroatoms. The summed E-state index contributed by atoms with van der Waals surface area (Å²) in [5.41, 5.74) is 3.21. The van der Waals surface area contributed by atoms with Crippen LogP contribution in [-0.2, 0) is 10.0 Å². The molecule has 4 aromatic carbocycles. The lowest BCUT2D eigenvalue weighted by molar-refractivity contribution is 0.102. The third-order valence-electron chi connectivity index (χ3n) is 5.01. The van der Waals surface area contributed by atoms with Crippen LogP contribution in [-0.4, -0.2) is 21.4 Å². The Hall–Kier alpha value is -4.10. The number of hydrogen-bond donors (Lipinski definition) is 2. The van der Waals surface area contributed by atoms with Gasteiger partial charge in [-0.05, 0) is 53.6 Å². The van der Waals surface area contributed by atoms with E-state index in [0.717, 1.165) is 11.1 Å². The average molecular weight is 459 g/mol. The number of anilines is 2. The van der Waals surface area contributed by atoms with Crippen molar-refractivity contribution in [3.8, 4) is 16.9 Å². The van der Waals surface area contributed by atoms with Gasteiger partial charge in [0.2, 0.25) is 0 Å². The number of carbonyl (C=O) groups excluding carboxylic acids is 1. The van der Waals surface area contributed by atoms with Gasteiger partial charge in [0, 0.05) is 11.3 Å². The molecule has 0 unspecified atom stereocenters. The molecule has 0 atom stereocenters. The molecule has 0 fully saturated rings. The van der Waals surface area contributed by atoms with Crippen molar-refractivity contribution in [1.29, 1.82) is 0 Å². The Kier molecular flexibility index (Phi) is 6.42. The van der Waals surface area contributed by atoms with Gasteiger partial charge in [0.15, 0.2) is 0 Å². The summed E-state index contributed by atoms with van der Waals surface area (Å²) in [6.07, 6.45) is 0. The number of methoxy groups -OCH3 is 1. The third kappa shape index (κ3) is 5.22. The molecule has 6 nitrogen and oxygen atoms in total. The first-order valence-electron chi connectivity index (χ1n) is 10.2. The summed E-state index contributed by atoms with van der Waals surface area (Å²) in [5, 5.41) is 2.81. The molecule has 0 aliphatic heterocycles. The van der Waals surface area contributed by atoms with Gasteiger partial charge < -0.3 is 10.1 Å². The second kappa shape index (κ2) is 9.58. The normalized spacial score (nSPS) is 10.9. The van der Waals surface area contributed by atoms with E-state index in [1.165, 1.54) is 25.3 Å². The van der Waals surface area contributed by atoms with Crippen LogP contribution in [0.3, 0.4) is 0 Å². The van der Waals surface area contributed by atoms with Gasteiger partial charge in [-0.15, -0.1) is 0 Å². The summed E-state index contributed by atoms with van der Waals surface area (Å²) in [5.74, 6) is 0.0244. The standard InChI is InChI=1S/C26H22N2O4S/c1-32-25-17-16-22(18-24(25)28-33(30,31)23-10-6-3-7-11-23)27-26(29)21-14-12-20(13-15-21)19-8-4-2-5-9-19/h2-18,28H,1H3,(H,27,29).